The fourth-order valence-corrected chi connectivity index (χ4v) is 5.58. The van der Waals surface area contributed by atoms with Crippen LogP contribution in [0.25, 0.3) is 5.57 Å². The number of piperazine rings is 1. The molecule has 3 heterocycles. The zero-order chi connectivity index (χ0) is 22.5. The van der Waals surface area contributed by atoms with Crippen molar-refractivity contribution in [1.82, 2.24) is 19.8 Å². The molecule has 5 rings (SSSR count). The number of aromatic nitrogens is 2. The maximum absolute atomic E-state index is 11.9. The van der Waals surface area contributed by atoms with Gasteiger partial charge in [-0.15, -0.1) is 0 Å². The summed E-state index contributed by atoms with van der Waals surface area (Å²) in [5, 5.41) is 16.7. The highest BCUT2D eigenvalue weighted by Gasteiger charge is 2.41. The van der Waals surface area contributed by atoms with Crippen LogP contribution >= 0.6 is 23.2 Å². The molecule has 1 saturated heterocycles. The van der Waals surface area contributed by atoms with Gasteiger partial charge in [0.05, 0.1) is 24.3 Å². The van der Waals surface area contributed by atoms with Crippen molar-refractivity contribution in [2.75, 3.05) is 26.2 Å². The standard InChI is InChI=1S/C24H27Cl2N5O/c1-24(32,21-13-28-14-30(21)2)20-10-15-9-17(26)12-29-22(15)23(31-7-5-27-6-8-31)18-4-3-16(25)11-19(18)20/h3-4,10-15,23,27,32H,5-9H2,1-2H3/t15?,23-,24?/m1/s1. The van der Waals surface area contributed by atoms with Crippen LogP contribution in [0.5, 0.6) is 0 Å². The largest absolute Gasteiger partial charge is 0.379 e. The minimum Gasteiger partial charge on any atom is -0.379 e. The summed E-state index contributed by atoms with van der Waals surface area (Å²) in [5.74, 6) is -0.0201. The number of aliphatic hydroxyl groups is 1. The van der Waals surface area contributed by atoms with E-state index in [0.717, 1.165) is 53.6 Å². The first kappa shape index (κ1) is 21.9. The second-order valence-electron chi connectivity index (χ2n) is 8.90. The number of aliphatic imine (C=N–C) groups is 1. The molecule has 0 amide bonds. The van der Waals surface area contributed by atoms with Gasteiger partial charge in [-0.25, -0.2) is 4.98 Å². The number of imidazole rings is 1. The molecular weight excluding hydrogens is 445 g/mol. The van der Waals surface area contributed by atoms with Crippen LogP contribution in [0.2, 0.25) is 5.02 Å². The Morgan fingerprint density at radius 1 is 1.22 bits per heavy atom. The molecule has 0 saturated carbocycles. The lowest BCUT2D eigenvalue weighted by Gasteiger charge is -2.38. The van der Waals surface area contributed by atoms with E-state index in [9.17, 15) is 5.11 Å². The molecule has 3 atom stereocenters. The Kier molecular flexibility index (Phi) is 5.76. The number of hydrogen-bond acceptors (Lipinski definition) is 5. The SMILES string of the molecule is Cn1cncc1C(C)(O)C1=CC2CC(Cl)=CN=C2[C@H](N2CCNCC2)c2ccc(Cl)cc21. The number of benzene rings is 1. The van der Waals surface area contributed by atoms with E-state index >= 15 is 0 Å². The number of halogens is 2. The molecule has 1 aromatic heterocycles. The van der Waals surface area contributed by atoms with Gasteiger partial charge in [0.25, 0.3) is 0 Å². The van der Waals surface area contributed by atoms with Gasteiger partial charge in [0.2, 0.25) is 0 Å². The van der Waals surface area contributed by atoms with Crippen molar-refractivity contribution in [1.29, 1.82) is 0 Å². The van der Waals surface area contributed by atoms with Crippen LogP contribution in [0.3, 0.4) is 0 Å². The number of allylic oxidation sites excluding steroid dienone is 2. The van der Waals surface area contributed by atoms with Gasteiger partial charge in [0.1, 0.15) is 5.60 Å². The monoisotopic (exact) mass is 471 g/mol. The van der Waals surface area contributed by atoms with E-state index in [4.69, 9.17) is 28.2 Å². The number of hydrogen-bond donors (Lipinski definition) is 2. The van der Waals surface area contributed by atoms with Gasteiger partial charge in [-0.3, -0.25) is 9.89 Å². The van der Waals surface area contributed by atoms with E-state index in [2.05, 4.69) is 27.3 Å². The Bertz CT molecular complexity index is 1130. The van der Waals surface area contributed by atoms with Crippen LogP contribution in [0, 0.1) is 5.92 Å². The lowest BCUT2D eigenvalue weighted by molar-refractivity contribution is 0.113. The van der Waals surface area contributed by atoms with E-state index in [1.54, 1.807) is 18.7 Å². The van der Waals surface area contributed by atoms with E-state index in [1.807, 2.05) is 30.7 Å². The van der Waals surface area contributed by atoms with Gasteiger partial charge in [-0.2, -0.15) is 0 Å². The summed E-state index contributed by atoms with van der Waals surface area (Å²) in [6.07, 6.45) is 7.99. The molecule has 1 fully saturated rings. The molecule has 0 radical (unpaired) electrons. The molecule has 6 nitrogen and oxygen atoms in total. The molecule has 3 aliphatic rings. The summed E-state index contributed by atoms with van der Waals surface area (Å²) < 4.78 is 1.85. The van der Waals surface area contributed by atoms with Crippen molar-refractivity contribution in [3.63, 3.8) is 0 Å². The normalized spacial score (nSPS) is 25.6. The first-order valence-corrected chi connectivity index (χ1v) is 11.7. The molecule has 1 aliphatic carbocycles. The maximum Gasteiger partial charge on any atom is 0.129 e. The Morgan fingerprint density at radius 3 is 2.72 bits per heavy atom. The summed E-state index contributed by atoms with van der Waals surface area (Å²) in [6.45, 7) is 5.53. The number of aryl methyl sites for hydroxylation is 1. The molecule has 0 spiro atoms. The second-order valence-corrected chi connectivity index (χ2v) is 9.82. The smallest absolute Gasteiger partial charge is 0.129 e. The third kappa shape index (κ3) is 3.74. The van der Waals surface area contributed by atoms with E-state index < -0.39 is 5.60 Å². The van der Waals surface area contributed by atoms with Crippen molar-refractivity contribution < 1.29 is 5.11 Å². The average Bonchev–Trinajstić information content (AvgIpc) is 3.16. The number of nitrogens with zero attached hydrogens (tertiary/aromatic N) is 4. The number of nitrogens with one attached hydrogen (secondary N) is 1. The topological polar surface area (TPSA) is 65.7 Å². The molecular formula is C24H27Cl2N5O. The van der Waals surface area contributed by atoms with E-state index in [1.165, 1.54) is 0 Å². The third-order valence-electron chi connectivity index (χ3n) is 6.75. The molecule has 0 bridgehead atoms. The summed E-state index contributed by atoms with van der Waals surface area (Å²) in [6, 6.07) is 5.97. The summed E-state index contributed by atoms with van der Waals surface area (Å²) in [4.78, 5) is 11.6. The van der Waals surface area contributed by atoms with Crippen LogP contribution in [0.4, 0.5) is 0 Å². The number of fused-ring (bicyclic) bond motifs is 2. The predicted molar refractivity (Wildman–Crippen MR) is 129 cm³/mol. The van der Waals surface area contributed by atoms with Crippen molar-refractivity contribution in [3.05, 3.63) is 69.9 Å². The maximum atomic E-state index is 11.9. The molecule has 1 aromatic carbocycles. The second kappa shape index (κ2) is 8.43. The van der Waals surface area contributed by atoms with Gasteiger partial charge >= 0.3 is 0 Å². The van der Waals surface area contributed by atoms with Gasteiger partial charge in [-0.1, -0.05) is 35.3 Å². The average molecular weight is 472 g/mol. The van der Waals surface area contributed by atoms with E-state index in [-0.39, 0.29) is 12.0 Å². The summed E-state index contributed by atoms with van der Waals surface area (Å²) in [5.41, 5.74) is 3.36. The van der Waals surface area contributed by atoms with Gasteiger partial charge < -0.3 is 15.0 Å². The van der Waals surface area contributed by atoms with Crippen LogP contribution in [0.15, 0.2) is 53.0 Å². The highest BCUT2D eigenvalue weighted by molar-refractivity contribution is 6.31. The van der Waals surface area contributed by atoms with Crippen molar-refractivity contribution in [2.45, 2.75) is 25.0 Å². The Labute approximate surface area is 198 Å². The van der Waals surface area contributed by atoms with Crippen molar-refractivity contribution >= 4 is 34.5 Å². The first-order chi connectivity index (χ1) is 15.4. The summed E-state index contributed by atoms with van der Waals surface area (Å²) in [7, 11) is 1.89. The van der Waals surface area contributed by atoms with Crippen LogP contribution < -0.4 is 5.32 Å². The predicted octanol–water partition coefficient (Wildman–Crippen LogP) is 3.87. The van der Waals surface area contributed by atoms with E-state index in [0.29, 0.717) is 17.1 Å². The minimum absolute atomic E-state index is 0.00790. The molecule has 8 heteroatoms. The fraction of sp³-hybridized carbons (Fsp3) is 0.417. The van der Waals surface area contributed by atoms with Crippen LogP contribution in [-0.2, 0) is 12.6 Å². The van der Waals surface area contributed by atoms with Gasteiger partial charge in [0, 0.05) is 61.1 Å². The van der Waals surface area contributed by atoms with Crippen LogP contribution in [-0.4, -0.2) is 51.4 Å². The van der Waals surface area contributed by atoms with Crippen LogP contribution in [0.1, 0.15) is 36.2 Å². The zero-order valence-corrected chi connectivity index (χ0v) is 19.7. The molecule has 32 heavy (non-hydrogen) atoms. The first-order valence-electron chi connectivity index (χ1n) is 10.9. The minimum atomic E-state index is -1.28. The quantitative estimate of drug-likeness (QED) is 0.712. The lowest BCUT2D eigenvalue weighted by Crippen LogP contribution is -2.48. The molecule has 2 N–H and O–H groups in total. The van der Waals surface area contributed by atoms with Crippen molar-refractivity contribution in [3.8, 4) is 0 Å². The molecule has 2 unspecified atom stereocenters. The summed E-state index contributed by atoms with van der Waals surface area (Å²) >= 11 is 12.9. The Morgan fingerprint density at radius 2 is 2.00 bits per heavy atom. The van der Waals surface area contributed by atoms with Gasteiger partial charge in [0.15, 0.2) is 0 Å². The Hall–Kier alpha value is -1.96. The fourth-order valence-electron chi connectivity index (χ4n) is 5.19. The molecule has 2 aromatic rings. The highest BCUT2D eigenvalue weighted by Crippen LogP contribution is 2.46. The number of rotatable bonds is 3. The van der Waals surface area contributed by atoms with Gasteiger partial charge in [-0.05, 0) is 42.2 Å². The zero-order valence-electron chi connectivity index (χ0n) is 18.2. The third-order valence-corrected chi connectivity index (χ3v) is 7.24. The van der Waals surface area contributed by atoms with Crippen molar-refractivity contribution in [2.24, 2.45) is 18.0 Å². The molecule has 168 valence electrons. The highest BCUT2D eigenvalue weighted by atomic mass is 35.5. The molecule has 2 aliphatic heterocycles. The Balaban J connectivity index is 1.74. The lowest BCUT2D eigenvalue weighted by atomic mass is 9.84.